The minimum Gasteiger partial charge on any atom is -0.493 e. The SMILES string of the molecule is COc1ccnc(C(=O)N[C@H]2CCC[C@H](Oc3ccccc3)[C@@H](OC(=O)C3CCCC3)[C@H](C)OC2=O)c1OC(=O)C1CC1. The first-order valence-corrected chi connectivity index (χ1v) is 15.0. The maximum Gasteiger partial charge on any atom is 0.329 e. The number of rotatable bonds is 9. The fraction of sp³-hybridized carbons (Fsp3) is 0.531. The van der Waals surface area contributed by atoms with Gasteiger partial charge in [0, 0.05) is 12.3 Å². The molecule has 0 unspecified atom stereocenters. The van der Waals surface area contributed by atoms with Crippen molar-refractivity contribution in [1.29, 1.82) is 0 Å². The van der Waals surface area contributed by atoms with Crippen LogP contribution in [-0.2, 0) is 23.9 Å². The van der Waals surface area contributed by atoms with Crippen molar-refractivity contribution >= 4 is 23.8 Å². The molecule has 0 radical (unpaired) electrons. The lowest BCUT2D eigenvalue weighted by Crippen LogP contribution is -2.47. The maximum atomic E-state index is 13.4. The Morgan fingerprint density at radius 2 is 1.63 bits per heavy atom. The van der Waals surface area contributed by atoms with Crippen LogP contribution in [0.1, 0.15) is 75.2 Å². The normalized spacial score (nSPS) is 24.5. The van der Waals surface area contributed by atoms with E-state index in [1.807, 2.05) is 30.3 Å². The van der Waals surface area contributed by atoms with Gasteiger partial charge in [-0.1, -0.05) is 31.0 Å². The zero-order valence-corrected chi connectivity index (χ0v) is 24.5. The molecule has 2 aliphatic carbocycles. The minimum absolute atomic E-state index is 0.0978. The van der Waals surface area contributed by atoms with Crippen LogP contribution in [-0.4, -0.2) is 60.3 Å². The molecule has 2 saturated carbocycles. The van der Waals surface area contributed by atoms with Crippen molar-refractivity contribution in [3.63, 3.8) is 0 Å². The molecule has 5 rings (SSSR count). The summed E-state index contributed by atoms with van der Waals surface area (Å²) in [7, 11) is 1.40. The lowest BCUT2D eigenvalue weighted by molar-refractivity contribution is -0.177. The fourth-order valence-corrected chi connectivity index (χ4v) is 5.52. The van der Waals surface area contributed by atoms with Gasteiger partial charge in [0.05, 0.1) is 18.9 Å². The lowest BCUT2D eigenvalue weighted by atomic mass is 10.0. The van der Waals surface area contributed by atoms with Crippen LogP contribution in [0.5, 0.6) is 17.2 Å². The van der Waals surface area contributed by atoms with Gasteiger partial charge in [-0.15, -0.1) is 0 Å². The van der Waals surface area contributed by atoms with Crippen LogP contribution in [0.2, 0.25) is 0 Å². The molecule has 1 amide bonds. The number of nitrogens with one attached hydrogen (secondary N) is 1. The minimum atomic E-state index is -1.03. The van der Waals surface area contributed by atoms with Crippen LogP contribution in [0, 0.1) is 11.8 Å². The number of nitrogens with zero attached hydrogens (tertiary/aromatic N) is 1. The summed E-state index contributed by atoms with van der Waals surface area (Å²) in [5.74, 6) is -1.88. The predicted octanol–water partition coefficient (Wildman–Crippen LogP) is 4.17. The first-order chi connectivity index (χ1) is 20.8. The number of benzene rings is 1. The number of hydrogen-bond donors (Lipinski definition) is 1. The second-order valence-corrected chi connectivity index (χ2v) is 11.3. The molecule has 1 N–H and O–H groups in total. The van der Waals surface area contributed by atoms with Crippen LogP contribution in [0.3, 0.4) is 0 Å². The number of carbonyl (C=O) groups is 4. The molecule has 2 aromatic rings. The zero-order valence-electron chi connectivity index (χ0n) is 24.5. The summed E-state index contributed by atoms with van der Waals surface area (Å²) in [6.07, 6.45) is 5.14. The largest absolute Gasteiger partial charge is 0.493 e. The highest BCUT2D eigenvalue weighted by Crippen LogP contribution is 2.35. The van der Waals surface area contributed by atoms with E-state index in [1.165, 1.54) is 19.4 Å². The van der Waals surface area contributed by atoms with Crippen molar-refractivity contribution in [2.24, 2.45) is 11.8 Å². The fourth-order valence-electron chi connectivity index (χ4n) is 5.52. The molecule has 1 aromatic heterocycles. The molecular weight excluding hydrogens is 556 g/mol. The average molecular weight is 595 g/mol. The van der Waals surface area contributed by atoms with Gasteiger partial charge in [-0.05, 0) is 64.0 Å². The number of pyridine rings is 1. The third-order valence-electron chi connectivity index (χ3n) is 8.09. The smallest absolute Gasteiger partial charge is 0.329 e. The van der Waals surface area contributed by atoms with Crippen molar-refractivity contribution in [3.8, 4) is 17.2 Å². The molecule has 1 aromatic carbocycles. The Balaban J connectivity index is 1.33. The molecule has 4 atom stereocenters. The van der Waals surface area contributed by atoms with Crippen molar-refractivity contribution in [2.75, 3.05) is 7.11 Å². The van der Waals surface area contributed by atoms with Crippen molar-refractivity contribution in [2.45, 2.75) is 89.1 Å². The second kappa shape index (κ2) is 13.9. The molecule has 230 valence electrons. The first kappa shape index (κ1) is 30.3. The summed E-state index contributed by atoms with van der Waals surface area (Å²) in [5, 5.41) is 2.70. The molecular formula is C32H38N2O9. The number of ether oxygens (including phenoxy) is 5. The van der Waals surface area contributed by atoms with Gasteiger partial charge >= 0.3 is 17.9 Å². The summed E-state index contributed by atoms with van der Waals surface area (Å²) in [6.45, 7) is 1.66. The topological polar surface area (TPSA) is 139 Å². The molecule has 2 heterocycles. The number of amides is 1. The third kappa shape index (κ3) is 7.63. The number of cyclic esters (lactones) is 1. The van der Waals surface area contributed by atoms with Gasteiger partial charge in [-0.3, -0.25) is 14.4 Å². The molecule has 0 spiro atoms. The molecule has 1 aliphatic heterocycles. The van der Waals surface area contributed by atoms with E-state index in [2.05, 4.69) is 10.3 Å². The highest BCUT2D eigenvalue weighted by Gasteiger charge is 2.40. The summed E-state index contributed by atoms with van der Waals surface area (Å²) >= 11 is 0. The van der Waals surface area contributed by atoms with Gasteiger partial charge < -0.3 is 29.0 Å². The lowest BCUT2D eigenvalue weighted by Gasteiger charge is -2.31. The molecule has 3 fully saturated rings. The predicted molar refractivity (Wildman–Crippen MR) is 153 cm³/mol. The van der Waals surface area contributed by atoms with Crippen LogP contribution in [0.25, 0.3) is 0 Å². The maximum absolute atomic E-state index is 13.4. The van der Waals surface area contributed by atoms with Gasteiger partial charge in [0.25, 0.3) is 5.91 Å². The van der Waals surface area contributed by atoms with Gasteiger partial charge in [0.1, 0.15) is 24.0 Å². The standard InChI is InChI=1S/C32H38N2O9/c1-19-27(42-30(36)20-9-6-7-10-20)25(41-22-11-4-3-5-12-22)14-8-13-23(32(38)40-19)34-29(35)26-28(24(39-2)17-18-33-26)43-31(37)21-15-16-21/h3-5,11-12,17-21,23,25,27H,6-10,13-16H2,1-2H3,(H,34,35)/t19-,23-,25-,27-/m0/s1. The van der Waals surface area contributed by atoms with Crippen LogP contribution in [0.15, 0.2) is 42.6 Å². The zero-order chi connectivity index (χ0) is 30.3. The number of carbonyl (C=O) groups excluding carboxylic acids is 4. The Morgan fingerprint density at radius 3 is 2.33 bits per heavy atom. The van der Waals surface area contributed by atoms with Crippen molar-refractivity contribution in [1.82, 2.24) is 10.3 Å². The van der Waals surface area contributed by atoms with E-state index in [0.717, 1.165) is 38.5 Å². The monoisotopic (exact) mass is 594 g/mol. The summed E-state index contributed by atoms with van der Waals surface area (Å²) in [5.41, 5.74) is -0.178. The molecule has 1 saturated heterocycles. The van der Waals surface area contributed by atoms with Gasteiger partial charge in [0.15, 0.2) is 17.5 Å². The number of aromatic nitrogens is 1. The Bertz CT molecular complexity index is 1310. The van der Waals surface area contributed by atoms with Gasteiger partial charge in [-0.25, -0.2) is 9.78 Å². The van der Waals surface area contributed by atoms with E-state index in [1.54, 1.807) is 6.92 Å². The summed E-state index contributed by atoms with van der Waals surface area (Å²) in [6, 6.07) is 9.66. The molecule has 43 heavy (non-hydrogen) atoms. The van der Waals surface area contributed by atoms with Crippen molar-refractivity contribution < 1.29 is 42.9 Å². The summed E-state index contributed by atoms with van der Waals surface area (Å²) < 4.78 is 28.9. The van der Waals surface area contributed by atoms with Crippen molar-refractivity contribution in [3.05, 3.63) is 48.3 Å². The van der Waals surface area contributed by atoms with E-state index >= 15 is 0 Å². The Morgan fingerprint density at radius 1 is 0.907 bits per heavy atom. The van der Waals surface area contributed by atoms with Crippen LogP contribution >= 0.6 is 0 Å². The number of hydrogen-bond acceptors (Lipinski definition) is 10. The van der Waals surface area contributed by atoms with E-state index in [9.17, 15) is 19.2 Å². The molecule has 0 bridgehead atoms. The first-order valence-electron chi connectivity index (χ1n) is 15.0. The van der Waals surface area contributed by atoms with Gasteiger partial charge in [0.2, 0.25) is 5.75 Å². The molecule has 11 nitrogen and oxygen atoms in total. The van der Waals surface area contributed by atoms with E-state index in [0.29, 0.717) is 18.6 Å². The number of esters is 3. The Kier molecular flexibility index (Phi) is 9.79. The number of methoxy groups -OCH3 is 1. The Labute approximate surface area is 250 Å². The average Bonchev–Trinajstić information content (AvgIpc) is 3.71. The van der Waals surface area contributed by atoms with Crippen LogP contribution in [0.4, 0.5) is 0 Å². The second-order valence-electron chi connectivity index (χ2n) is 11.3. The Hall–Kier alpha value is -4.15. The quantitative estimate of drug-likeness (QED) is 0.421. The van der Waals surface area contributed by atoms with E-state index < -0.39 is 42.2 Å². The van der Waals surface area contributed by atoms with Crippen LogP contribution < -0.4 is 19.5 Å². The molecule has 3 aliphatic rings. The third-order valence-corrected chi connectivity index (χ3v) is 8.09. The highest BCUT2D eigenvalue weighted by molar-refractivity contribution is 5.99. The van der Waals surface area contributed by atoms with E-state index in [-0.39, 0.29) is 41.4 Å². The molecule has 11 heteroatoms. The van der Waals surface area contributed by atoms with Gasteiger partial charge in [-0.2, -0.15) is 0 Å². The number of para-hydroxylation sites is 1. The summed E-state index contributed by atoms with van der Waals surface area (Å²) in [4.78, 5) is 56.4. The van der Waals surface area contributed by atoms with E-state index in [4.69, 9.17) is 23.7 Å². The highest BCUT2D eigenvalue weighted by atomic mass is 16.6.